The summed E-state index contributed by atoms with van der Waals surface area (Å²) in [6, 6.07) is 14.7. The van der Waals surface area contributed by atoms with Gasteiger partial charge in [-0.2, -0.15) is 0 Å². The number of ether oxygens (including phenoxy) is 2. The zero-order valence-electron chi connectivity index (χ0n) is 15.1. The molecular formula is C19H19ClN4O3S. The number of hydrogen-bond acceptors (Lipinski definition) is 6. The van der Waals surface area contributed by atoms with E-state index in [2.05, 4.69) is 20.5 Å². The van der Waals surface area contributed by atoms with Gasteiger partial charge in [-0.3, -0.25) is 9.89 Å². The van der Waals surface area contributed by atoms with Gasteiger partial charge in [-0.05, 0) is 30.3 Å². The number of carbonyl (C=O) groups is 1. The summed E-state index contributed by atoms with van der Waals surface area (Å²) in [5.41, 5.74) is 0.705. The molecule has 146 valence electrons. The molecule has 9 heteroatoms. The summed E-state index contributed by atoms with van der Waals surface area (Å²) < 4.78 is 10.8. The maximum Gasteiger partial charge on any atom is 0.230 e. The van der Waals surface area contributed by atoms with Gasteiger partial charge in [-0.1, -0.05) is 41.6 Å². The molecule has 0 fully saturated rings. The lowest BCUT2D eigenvalue weighted by atomic mass is 10.2. The van der Waals surface area contributed by atoms with Crippen LogP contribution >= 0.6 is 23.4 Å². The van der Waals surface area contributed by atoms with Crippen LogP contribution in [0.1, 0.15) is 0 Å². The third-order valence-corrected chi connectivity index (χ3v) is 4.73. The maximum absolute atomic E-state index is 12.0. The van der Waals surface area contributed by atoms with E-state index in [0.29, 0.717) is 40.5 Å². The molecule has 0 spiro atoms. The first-order valence-electron chi connectivity index (χ1n) is 8.49. The number of H-pyrrole nitrogens is 1. The Hall–Kier alpha value is -2.71. The van der Waals surface area contributed by atoms with Crippen molar-refractivity contribution in [2.24, 2.45) is 0 Å². The van der Waals surface area contributed by atoms with Crippen molar-refractivity contribution in [2.45, 2.75) is 5.16 Å². The fraction of sp³-hybridized carbons (Fsp3) is 0.211. The number of benzene rings is 2. The third-order valence-electron chi connectivity index (χ3n) is 3.65. The van der Waals surface area contributed by atoms with E-state index >= 15 is 0 Å². The fourth-order valence-corrected chi connectivity index (χ4v) is 3.15. The molecule has 0 aliphatic heterocycles. The SMILES string of the molecule is COc1ccc(Cl)cc1-c1nc(SCC(=O)NCCOc2ccccc2)n[nH]1. The number of aromatic amines is 1. The van der Waals surface area contributed by atoms with Crippen molar-refractivity contribution in [3.8, 4) is 22.9 Å². The van der Waals surface area contributed by atoms with Gasteiger partial charge in [0.1, 0.15) is 18.1 Å². The first-order chi connectivity index (χ1) is 13.7. The molecule has 3 aromatic rings. The molecule has 2 aromatic carbocycles. The van der Waals surface area contributed by atoms with Crippen LogP contribution in [0.15, 0.2) is 53.7 Å². The van der Waals surface area contributed by atoms with Crippen LogP contribution in [0, 0.1) is 0 Å². The highest BCUT2D eigenvalue weighted by Crippen LogP contribution is 2.31. The van der Waals surface area contributed by atoms with Crippen LogP contribution in [-0.2, 0) is 4.79 Å². The van der Waals surface area contributed by atoms with E-state index in [1.54, 1.807) is 25.3 Å². The van der Waals surface area contributed by atoms with E-state index in [9.17, 15) is 4.79 Å². The summed E-state index contributed by atoms with van der Waals surface area (Å²) >= 11 is 7.28. The number of halogens is 1. The largest absolute Gasteiger partial charge is 0.496 e. The van der Waals surface area contributed by atoms with Crippen molar-refractivity contribution in [3.63, 3.8) is 0 Å². The number of methoxy groups -OCH3 is 1. The zero-order valence-corrected chi connectivity index (χ0v) is 16.7. The number of carbonyl (C=O) groups excluding carboxylic acids is 1. The average Bonchev–Trinajstić information content (AvgIpc) is 3.19. The van der Waals surface area contributed by atoms with E-state index in [4.69, 9.17) is 21.1 Å². The molecule has 0 unspecified atom stereocenters. The molecule has 1 aromatic heterocycles. The minimum atomic E-state index is -0.117. The molecule has 1 amide bonds. The van der Waals surface area contributed by atoms with E-state index in [1.165, 1.54) is 11.8 Å². The number of thioether (sulfide) groups is 1. The van der Waals surface area contributed by atoms with Gasteiger partial charge in [0, 0.05) is 5.02 Å². The Morgan fingerprint density at radius 3 is 2.86 bits per heavy atom. The second kappa shape index (κ2) is 10.0. The molecule has 0 saturated heterocycles. The Labute approximate surface area is 171 Å². The van der Waals surface area contributed by atoms with Crippen molar-refractivity contribution in [3.05, 3.63) is 53.6 Å². The lowest BCUT2D eigenvalue weighted by Gasteiger charge is -2.07. The first-order valence-corrected chi connectivity index (χ1v) is 9.85. The van der Waals surface area contributed by atoms with Crippen LogP contribution in [0.2, 0.25) is 5.02 Å². The monoisotopic (exact) mass is 418 g/mol. The molecule has 0 saturated carbocycles. The van der Waals surface area contributed by atoms with Crippen LogP contribution < -0.4 is 14.8 Å². The van der Waals surface area contributed by atoms with Gasteiger partial charge in [0.15, 0.2) is 5.82 Å². The number of para-hydroxylation sites is 1. The summed E-state index contributed by atoms with van der Waals surface area (Å²) in [6.07, 6.45) is 0. The van der Waals surface area contributed by atoms with Gasteiger partial charge in [0.2, 0.25) is 11.1 Å². The Balaban J connectivity index is 1.45. The lowest BCUT2D eigenvalue weighted by Crippen LogP contribution is -2.29. The van der Waals surface area contributed by atoms with Crippen LogP contribution in [0.4, 0.5) is 0 Å². The number of rotatable bonds is 9. The Bertz CT molecular complexity index is 921. The maximum atomic E-state index is 12.0. The van der Waals surface area contributed by atoms with Crippen LogP contribution in [0.25, 0.3) is 11.4 Å². The molecule has 0 radical (unpaired) electrons. The van der Waals surface area contributed by atoms with Gasteiger partial charge in [0.25, 0.3) is 0 Å². The number of nitrogens with one attached hydrogen (secondary N) is 2. The van der Waals surface area contributed by atoms with Gasteiger partial charge < -0.3 is 14.8 Å². The Kier molecular flexibility index (Phi) is 7.16. The van der Waals surface area contributed by atoms with E-state index in [-0.39, 0.29) is 11.7 Å². The van der Waals surface area contributed by atoms with Crippen molar-refractivity contribution in [1.29, 1.82) is 0 Å². The van der Waals surface area contributed by atoms with Gasteiger partial charge in [0.05, 0.1) is 25.0 Å². The topological polar surface area (TPSA) is 89.1 Å². The van der Waals surface area contributed by atoms with Crippen LogP contribution in [-0.4, -0.2) is 47.1 Å². The summed E-state index contributed by atoms with van der Waals surface area (Å²) in [5, 5.41) is 10.8. The quantitative estimate of drug-likeness (QED) is 0.409. The average molecular weight is 419 g/mol. The number of nitrogens with zero attached hydrogens (tertiary/aromatic N) is 2. The number of amides is 1. The number of aromatic nitrogens is 3. The van der Waals surface area contributed by atoms with E-state index < -0.39 is 0 Å². The highest BCUT2D eigenvalue weighted by molar-refractivity contribution is 7.99. The van der Waals surface area contributed by atoms with Crippen LogP contribution in [0.3, 0.4) is 0 Å². The van der Waals surface area contributed by atoms with Crippen molar-refractivity contribution in [2.75, 3.05) is 26.0 Å². The smallest absolute Gasteiger partial charge is 0.230 e. The van der Waals surface area contributed by atoms with Gasteiger partial charge in [-0.15, -0.1) is 5.10 Å². The molecule has 7 nitrogen and oxygen atoms in total. The molecule has 2 N–H and O–H groups in total. The second-order valence-electron chi connectivity index (χ2n) is 5.61. The second-order valence-corrected chi connectivity index (χ2v) is 6.99. The first kappa shape index (κ1) is 20.0. The summed E-state index contributed by atoms with van der Waals surface area (Å²) in [5.74, 6) is 2.02. The minimum absolute atomic E-state index is 0.117. The standard InChI is InChI=1S/C19H19ClN4O3S/c1-26-16-8-7-13(20)11-15(16)18-22-19(24-23-18)28-12-17(25)21-9-10-27-14-5-3-2-4-6-14/h2-8,11H,9-10,12H2,1H3,(H,21,25)(H,22,23,24). The van der Waals surface area contributed by atoms with Gasteiger partial charge in [-0.25, -0.2) is 4.98 Å². The summed E-state index contributed by atoms with van der Waals surface area (Å²) in [6.45, 7) is 0.826. The highest BCUT2D eigenvalue weighted by atomic mass is 35.5. The molecule has 3 rings (SSSR count). The molecule has 0 bridgehead atoms. The van der Waals surface area contributed by atoms with Gasteiger partial charge >= 0.3 is 0 Å². The third kappa shape index (κ3) is 5.64. The normalized spacial score (nSPS) is 10.5. The molecule has 0 aliphatic rings. The Morgan fingerprint density at radius 1 is 1.25 bits per heavy atom. The minimum Gasteiger partial charge on any atom is -0.496 e. The lowest BCUT2D eigenvalue weighted by molar-refractivity contribution is -0.118. The summed E-state index contributed by atoms with van der Waals surface area (Å²) in [7, 11) is 1.57. The molecule has 0 aliphatic carbocycles. The molecule has 0 atom stereocenters. The number of hydrogen-bond donors (Lipinski definition) is 2. The predicted octanol–water partition coefficient (Wildman–Crippen LogP) is 3.42. The van der Waals surface area contributed by atoms with Crippen LogP contribution in [0.5, 0.6) is 11.5 Å². The van der Waals surface area contributed by atoms with E-state index in [1.807, 2.05) is 30.3 Å². The highest BCUT2D eigenvalue weighted by Gasteiger charge is 2.13. The molecular weight excluding hydrogens is 400 g/mol. The van der Waals surface area contributed by atoms with Crippen molar-refractivity contribution in [1.82, 2.24) is 20.5 Å². The molecule has 1 heterocycles. The predicted molar refractivity (Wildman–Crippen MR) is 109 cm³/mol. The zero-order chi connectivity index (χ0) is 19.8. The van der Waals surface area contributed by atoms with Crippen molar-refractivity contribution >= 4 is 29.3 Å². The Morgan fingerprint density at radius 2 is 2.07 bits per heavy atom. The van der Waals surface area contributed by atoms with Crippen molar-refractivity contribution < 1.29 is 14.3 Å². The van der Waals surface area contributed by atoms with E-state index in [0.717, 1.165) is 5.75 Å². The fourth-order valence-electron chi connectivity index (χ4n) is 2.35. The summed E-state index contributed by atoms with van der Waals surface area (Å²) in [4.78, 5) is 16.4. The molecule has 28 heavy (non-hydrogen) atoms.